The molecule has 0 saturated carbocycles. The molecule has 0 aliphatic heterocycles. The Hall–Kier alpha value is -5.18. The van der Waals surface area contributed by atoms with E-state index in [2.05, 4.69) is 72.8 Å². The fraction of sp³-hybridized carbons (Fsp3) is 0.128. The number of carboxylic acid groups (broad SMARTS) is 2. The maximum atomic E-state index is 11.2. The van der Waals surface area contributed by atoms with Crippen molar-refractivity contribution in [2.45, 2.75) is 18.3 Å². The van der Waals surface area contributed by atoms with Crippen LogP contribution in [0.5, 0.6) is 11.5 Å². The summed E-state index contributed by atoms with van der Waals surface area (Å²) >= 11 is 2.56. The van der Waals surface area contributed by atoms with Crippen LogP contribution in [0.25, 0.3) is 11.1 Å². The van der Waals surface area contributed by atoms with Crippen LogP contribution in [0, 0.1) is 0 Å². The van der Waals surface area contributed by atoms with E-state index in [1.165, 1.54) is 44.9 Å². The Morgan fingerprint density at radius 3 is 1.32 bits per heavy atom. The van der Waals surface area contributed by atoms with E-state index >= 15 is 0 Å². The topological polar surface area (TPSA) is 93.1 Å². The maximum absolute atomic E-state index is 11.2. The van der Waals surface area contributed by atoms with Gasteiger partial charge in [0, 0.05) is 22.6 Å². The summed E-state index contributed by atoms with van der Waals surface area (Å²) in [5.74, 6) is -0.307. The van der Waals surface area contributed by atoms with Crippen LogP contribution in [0.2, 0.25) is 0 Å². The Balaban J connectivity index is 1.16. The van der Waals surface area contributed by atoms with Gasteiger partial charge in [0.25, 0.3) is 0 Å². The van der Waals surface area contributed by atoms with E-state index in [1.807, 2.05) is 36.4 Å². The van der Waals surface area contributed by atoms with Gasteiger partial charge in [-0.3, -0.25) is 0 Å². The minimum Gasteiger partial charge on any atom is -0.493 e. The molecule has 0 fully saturated rings. The van der Waals surface area contributed by atoms with E-state index in [-0.39, 0.29) is 0 Å². The highest BCUT2D eigenvalue weighted by molar-refractivity contribution is 7.14. The summed E-state index contributed by atoms with van der Waals surface area (Å²) in [6.07, 6.45) is 1.27. The molecule has 7 rings (SSSR count). The number of carbonyl (C=O) groups is 2. The number of benzene rings is 4. The van der Waals surface area contributed by atoms with E-state index in [9.17, 15) is 19.8 Å². The first-order valence-electron chi connectivity index (χ1n) is 15.2. The van der Waals surface area contributed by atoms with E-state index in [0.29, 0.717) is 35.8 Å². The molecule has 4 aromatic carbocycles. The summed E-state index contributed by atoms with van der Waals surface area (Å²) in [5, 5.41) is 18.4. The number of fused-ring (bicyclic) bond motifs is 3. The highest BCUT2D eigenvalue weighted by atomic mass is 32.1. The van der Waals surface area contributed by atoms with Crippen LogP contribution < -0.4 is 9.47 Å². The van der Waals surface area contributed by atoms with Gasteiger partial charge in [-0.05, 0) is 81.9 Å². The van der Waals surface area contributed by atoms with Crippen molar-refractivity contribution in [2.75, 3.05) is 13.2 Å². The average molecular weight is 659 g/mol. The zero-order valence-corrected chi connectivity index (χ0v) is 26.9. The molecule has 1 aliphatic rings. The Labute approximate surface area is 280 Å². The van der Waals surface area contributed by atoms with Gasteiger partial charge in [-0.15, -0.1) is 22.7 Å². The molecule has 47 heavy (non-hydrogen) atoms. The quantitative estimate of drug-likeness (QED) is 0.136. The molecule has 2 heterocycles. The molecule has 0 bridgehead atoms. The third kappa shape index (κ3) is 5.82. The minimum atomic E-state index is -0.907. The van der Waals surface area contributed by atoms with Crippen molar-refractivity contribution in [1.29, 1.82) is 0 Å². The Bertz CT molecular complexity index is 1910. The predicted molar refractivity (Wildman–Crippen MR) is 185 cm³/mol. The molecular weight excluding hydrogens is 629 g/mol. The molecule has 0 unspecified atom stereocenters. The first kappa shape index (κ1) is 30.5. The van der Waals surface area contributed by atoms with E-state index in [4.69, 9.17) is 9.47 Å². The van der Waals surface area contributed by atoms with Crippen molar-refractivity contribution in [2.24, 2.45) is 0 Å². The number of hydrogen-bond donors (Lipinski definition) is 2. The van der Waals surface area contributed by atoms with Crippen LogP contribution in [-0.2, 0) is 18.3 Å². The van der Waals surface area contributed by atoms with Gasteiger partial charge in [-0.25, -0.2) is 9.59 Å². The first-order chi connectivity index (χ1) is 22.9. The number of thiophene rings is 2. The second-order valence-electron chi connectivity index (χ2n) is 11.2. The maximum Gasteiger partial charge on any atom is 0.345 e. The van der Waals surface area contributed by atoms with Gasteiger partial charge in [0.2, 0.25) is 0 Å². The molecule has 8 heteroatoms. The van der Waals surface area contributed by atoms with Crippen LogP contribution in [0.15, 0.2) is 121 Å². The molecule has 2 aromatic heterocycles. The van der Waals surface area contributed by atoms with Crippen LogP contribution in [0.3, 0.4) is 0 Å². The molecule has 0 radical (unpaired) electrons. The number of carboxylic acids is 2. The Morgan fingerprint density at radius 1 is 0.532 bits per heavy atom. The lowest BCUT2D eigenvalue weighted by Gasteiger charge is -2.34. The molecule has 0 saturated heterocycles. The fourth-order valence-electron chi connectivity index (χ4n) is 6.42. The van der Waals surface area contributed by atoms with Crippen molar-refractivity contribution in [3.63, 3.8) is 0 Å². The predicted octanol–water partition coefficient (Wildman–Crippen LogP) is 8.81. The zero-order chi connectivity index (χ0) is 32.4. The Kier molecular flexibility index (Phi) is 8.37. The fourth-order valence-corrected chi connectivity index (χ4v) is 8.07. The lowest BCUT2D eigenvalue weighted by Crippen LogP contribution is -2.28. The number of aromatic carboxylic acids is 2. The second-order valence-corrected chi connectivity index (χ2v) is 13.6. The minimum absolute atomic E-state index is 0.334. The summed E-state index contributed by atoms with van der Waals surface area (Å²) in [6.45, 7) is 0.898. The average Bonchev–Trinajstić information content (AvgIpc) is 3.83. The SMILES string of the molecule is O=C(O)c1ccc(CCOc2ccc(C3(c4ccc(OCCc5ccc(C(=O)O)s5)cc4)c4ccccc4-c4ccccc43)cc2)s1. The highest BCUT2D eigenvalue weighted by Gasteiger charge is 2.45. The summed E-state index contributed by atoms with van der Waals surface area (Å²) in [5.41, 5.74) is 6.51. The van der Waals surface area contributed by atoms with Crippen LogP contribution in [0.4, 0.5) is 0 Å². The van der Waals surface area contributed by atoms with Crippen molar-refractivity contribution in [1.82, 2.24) is 0 Å². The normalized spacial score (nSPS) is 12.7. The van der Waals surface area contributed by atoms with Crippen molar-refractivity contribution < 1.29 is 29.3 Å². The second kappa shape index (κ2) is 12.9. The Morgan fingerprint density at radius 2 is 0.936 bits per heavy atom. The van der Waals surface area contributed by atoms with Crippen molar-refractivity contribution in [3.8, 4) is 22.6 Å². The summed E-state index contributed by atoms with van der Waals surface area (Å²) < 4.78 is 12.2. The van der Waals surface area contributed by atoms with Crippen molar-refractivity contribution >= 4 is 34.6 Å². The molecule has 234 valence electrons. The van der Waals surface area contributed by atoms with Gasteiger partial charge in [-0.1, -0.05) is 72.8 Å². The van der Waals surface area contributed by atoms with Crippen LogP contribution in [0.1, 0.15) is 51.4 Å². The molecular formula is C39H30O6S2. The lowest BCUT2D eigenvalue weighted by atomic mass is 9.68. The van der Waals surface area contributed by atoms with Gasteiger partial charge < -0.3 is 19.7 Å². The first-order valence-corrected chi connectivity index (χ1v) is 16.9. The van der Waals surface area contributed by atoms with Gasteiger partial charge >= 0.3 is 11.9 Å². The van der Waals surface area contributed by atoms with E-state index in [0.717, 1.165) is 32.4 Å². The van der Waals surface area contributed by atoms with Crippen molar-refractivity contribution in [3.05, 3.63) is 163 Å². The molecule has 6 aromatic rings. The number of hydrogen-bond acceptors (Lipinski definition) is 6. The smallest absolute Gasteiger partial charge is 0.345 e. The molecule has 0 spiro atoms. The third-order valence-electron chi connectivity index (χ3n) is 8.51. The number of rotatable bonds is 12. The molecule has 0 atom stereocenters. The largest absolute Gasteiger partial charge is 0.493 e. The summed E-state index contributed by atoms with van der Waals surface area (Å²) in [7, 11) is 0. The van der Waals surface area contributed by atoms with Gasteiger partial charge in [-0.2, -0.15) is 0 Å². The molecule has 1 aliphatic carbocycles. The zero-order valence-electron chi connectivity index (χ0n) is 25.2. The van der Waals surface area contributed by atoms with Gasteiger partial charge in [0.05, 0.1) is 18.6 Å². The van der Waals surface area contributed by atoms with E-state index in [1.54, 1.807) is 12.1 Å². The van der Waals surface area contributed by atoms with E-state index < -0.39 is 17.4 Å². The van der Waals surface area contributed by atoms with Crippen LogP contribution in [-0.4, -0.2) is 35.4 Å². The lowest BCUT2D eigenvalue weighted by molar-refractivity contribution is 0.0691. The standard InChI is InChI=1S/C39H30O6S2/c40-37(41)35-19-17-29(46-35)21-23-44-27-13-9-25(10-14-27)39(33-7-3-1-5-31(33)32-6-2-4-8-34(32)39)26-11-15-28(16-12-26)45-24-22-30-18-20-36(47-30)38(42)43/h1-20H,21-24H2,(H,40,41)(H,42,43). The summed E-state index contributed by atoms with van der Waals surface area (Å²) in [4.78, 5) is 25.1. The van der Waals surface area contributed by atoms with Gasteiger partial charge in [0.1, 0.15) is 21.3 Å². The molecule has 2 N–H and O–H groups in total. The summed E-state index contributed by atoms with van der Waals surface area (Å²) in [6, 6.07) is 40.7. The number of ether oxygens (including phenoxy) is 2. The monoisotopic (exact) mass is 658 g/mol. The van der Waals surface area contributed by atoms with Crippen LogP contribution >= 0.6 is 22.7 Å². The molecule has 0 amide bonds. The molecule has 6 nitrogen and oxygen atoms in total. The highest BCUT2D eigenvalue weighted by Crippen LogP contribution is 2.56. The van der Waals surface area contributed by atoms with Gasteiger partial charge in [0.15, 0.2) is 0 Å². The third-order valence-corrected chi connectivity index (χ3v) is 10.8.